The van der Waals surface area contributed by atoms with Gasteiger partial charge in [0.1, 0.15) is 0 Å². The third-order valence-electron chi connectivity index (χ3n) is 1.13. The van der Waals surface area contributed by atoms with Gasteiger partial charge in [-0.05, 0) is 19.1 Å². The SMILES string of the molecule is Cc1ccc(C(=O)NC#N)s1. The summed E-state index contributed by atoms with van der Waals surface area (Å²) in [6, 6.07) is 3.55. The molecule has 0 aliphatic rings. The Kier molecular flexibility index (Phi) is 2.24. The fourth-order valence-corrected chi connectivity index (χ4v) is 1.43. The van der Waals surface area contributed by atoms with Gasteiger partial charge in [0.05, 0.1) is 4.88 Å². The molecule has 0 aromatic carbocycles. The van der Waals surface area contributed by atoms with Gasteiger partial charge in [0.15, 0.2) is 6.19 Å². The minimum absolute atomic E-state index is 0.328. The molecule has 3 nitrogen and oxygen atoms in total. The summed E-state index contributed by atoms with van der Waals surface area (Å²) >= 11 is 1.37. The number of thiophene rings is 1. The van der Waals surface area contributed by atoms with Crippen LogP contribution in [-0.2, 0) is 0 Å². The summed E-state index contributed by atoms with van der Waals surface area (Å²) in [5.41, 5.74) is 0. The molecule has 0 aliphatic carbocycles. The number of rotatable bonds is 1. The minimum atomic E-state index is -0.328. The maximum atomic E-state index is 10.9. The molecule has 0 atom stereocenters. The second kappa shape index (κ2) is 3.17. The summed E-state index contributed by atoms with van der Waals surface area (Å²) in [4.78, 5) is 12.6. The predicted octanol–water partition coefficient (Wildman–Crippen LogP) is 1.27. The molecule has 0 aliphatic heterocycles. The second-order valence-electron chi connectivity index (χ2n) is 1.98. The summed E-state index contributed by atoms with van der Waals surface area (Å²) in [6.45, 7) is 1.91. The summed E-state index contributed by atoms with van der Waals surface area (Å²) in [6.07, 6.45) is 1.58. The lowest BCUT2D eigenvalue weighted by Gasteiger charge is -1.88. The minimum Gasteiger partial charge on any atom is -0.267 e. The fourth-order valence-electron chi connectivity index (χ4n) is 0.669. The molecule has 0 fully saturated rings. The normalized spacial score (nSPS) is 8.73. The Hall–Kier alpha value is -1.34. The lowest BCUT2D eigenvalue weighted by atomic mass is 10.4. The van der Waals surface area contributed by atoms with Crippen LogP contribution in [0, 0.1) is 18.4 Å². The van der Waals surface area contributed by atoms with Gasteiger partial charge in [-0.25, -0.2) is 0 Å². The fraction of sp³-hybridized carbons (Fsp3) is 0.143. The molecule has 4 heteroatoms. The second-order valence-corrected chi connectivity index (χ2v) is 3.26. The van der Waals surface area contributed by atoms with E-state index in [1.165, 1.54) is 11.3 Å². The van der Waals surface area contributed by atoms with E-state index in [1.807, 2.05) is 13.0 Å². The molecule has 1 N–H and O–H groups in total. The van der Waals surface area contributed by atoms with Gasteiger partial charge in [0.25, 0.3) is 5.91 Å². The Bertz CT molecular complexity index is 310. The molecule has 0 saturated heterocycles. The summed E-state index contributed by atoms with van der Waals surface area (Å²) in [7, 11) is 0. The zero-order valence-electron chi connectivity index (χ0n) is 5.92. The molecular weight excluding hydrogens is 160 g/mol. The molecule has 1 aromatic heterocycles. The van der Waals surface area contributed by atoms with Crippen LogP contribution in [0.5, 0.6) is 0 Å². The van der Waals surface area contributed by atoms with Gasteiger partial charge in [-0.2, -0.15) is 5.26 Å². The van der Waals surface area contributed by atoms with E-state index >= 15 is 0 Å². The van der Waals surface area contributed by atoms with Crippen molar-refractivity contribution in [3.63, 3.8) is 0 Å². The zero-order chi connectivity index (χ0) is 8.27. The first kappa shape index (κ1) is 7.76. The number of amides is 1. The molecule has 0 spiro atoms. The highest BCUT2D eigenvalue weighted by molar-refractivity contribution is 7.13. The van der Waals surface area contributed by atoms with Crippen molar-refractivity contribution in [3.8, 4) is 6.19 Å². The maximum absolute atomic E-state index is 10.9. The molecule has 0 radical (unpaired) electrons. The number of aryl methyl sites for hydroxylation is 1. The number of nitrogens with zero attached hydrogens (tertiary/aromatic N) is 1. The van der Waals surface area contributed by atoms with Crippen molar-refractivity contribution in [1.29, 1.82) is 5.26 Å². The first-order chi connectivity index (χ1) is 5.24. The Labute approximate surface area is 68.3 Å². The number of hydrogen-bond acceptors (Lipinski definition) is 3. The van der Waals surface area contributed by atoms with E-state index < -0.39 is 0 Å². The summed E-state index contributed by atoms with van der Waals surface area (Å²) < 4.78 is 0. The van der Waals surface area contributed by atoms with Crippen LogP contribution in [0.25, 0.3) is 0 Å². The number of nitriles is 1. The zero-order valence-corrected chi connectivity index (χ0v) is 6.73. The van der Waals surface area contributed by atoms with Crippen LogP contribution < -0.4 is 5.32 Å². The first-order valence-corrected chi connectivity index (χ1v) is 3.81. The molecule has 56 valence electrons. The van der Waals surface area contributed by atoms with Crippen molar-refractivity contribution in [2.75, 3.05) is 0 Å². The number of carbonyl (C=O) groups excluding carboxylic acids is 1. The van der Waals surface area contributed by atoms with Gasteiger partial charge >= 0.3 is 0 Å². The average Bonchev–Trinajstić information content (AvgIpc) is 2.36. The highest BCUT2D eigenvalue weighted by Crippen LogP contribution is 2.14. The van der Waals surface area contributed by atoms with Gasteiger partial charge < -0.3 is 0 Å². The maximum Gasteiger partial charge on any atom is 0.274 e. The number of carbonyl (C=O) groups is 1. The molecule has 1 aromatic rings. The molecule has 0 saturated carbocycles. The third-order valence-corrected chi connectivity index (χ3v) is 2.13. The molecule has 0 unspecified atom stereocenters. The number of nitrogens with one attached hydrogen (secondary N) is 1. The molecule has 0 bridgehead atoms. The van der Waals surface area contributed by atoms with Gasteiger partial charge in [-0.1, -0.05) is 0 Å². The highest BCUT2D eigenvalue weighted by atomic mass is 32.1. The Morgan fingerprint density at radius 1 is 1.73 bits per heavy atom. The van der Waals surface area contributed by atoms with Crippen molar-refractivity contribution in [2.45, 2.75) is 6.92 Å². The predicted molar refractivity (Wildman–Crippen MR) is 42.1 cm³/mol. The Balaban J connectivity index is 2.78. The molecule has 11 heavy (non-hydrogen) atoms. The number of hydrogen-bond donors (Lipinski definition) is 1. The lowest BCUT2D eigenvalue weighted by molar-refractivity contribution is 0.0977. The van der Waals surface area contributed by atoms with Crippen molar-refractivity contribution >= 4 is 17.2 Å². The Morgan fingerprint density at radius 3 is 2.91 bits per heavy atom. The van der Waals surface area contributed by atoms with E-state index in [9.17, 15) is 4.79 Å². The molecule has 1 rings (SSSR count). The largest absolute Gasteiger partial charge is 0.274 e. The van der Waals surface area contributed by atoms with Crippen LogP contribution in [0.3, 0.4) is 0 Å². The average molecular weight is 166 g/mol. The van der Waals surface area contributed by atoms with Crippen molar-refractivity contribution in [2.24, 2.45) is 0 Å². The quantitative estimate of drug-likeness (QED) is 0.504. The lowest BCUT2D eigenvalue weighted by Crippen LogP contribution is -2.15. The van der Waals surface area contributed by atoms with E-state index in [0.29, 0.717) is 4.88 Å². The molecule has 1 amide bonds. The van der Waals surface area contributed by atoms with Crippen molar-refractivity contribution in [3.05, 3.63) is 21.9 Å². The molecule has 1 heterocycles. The topological polar surface area (TPSA) is 52.9 Å². The van der Waals surface area contributed by atoms with Gasteiger partial charge in [-0.3, -0.25) is 10.1 Å². The van der Waals surface area contributed by atoms with E-state index in [2.05, 4.69) is 5.32 Å². The van der Waals surface area contributed by atoms with Crippen molar-refractivity contribution < 1.29 is 4.79 Å². The van der Waals surface area contributed by atoms with Crippen LogP contribution in [0.1, 0.15) is 14.5 Å². The molecular formula is C7H6N2OS. The highest BCUT2D eigenvalue weighted by Gasteiger charge is 2.05. The van der Waals surface area contributed by atoms with Gasteiger partial charge in [0.2, 0.25) is 0 Å². The monoisotopic (exact) mass is 166 g/mol. The van der Waals surface area contributed by atoms with E-state index in [4.69, 9.17) is 5.26 Å². The van der Waals surface area contributed by atoms with E-state index in [0.717, 1.165) is 4.88 Å². The van der Waals surface area contributed by atoms with Crippen LogP contribution in [-0.4, -0.2) is 5.91 Å². The van der Waals surface area contributed by atoms with Crippen LogP contribution in [0.15, 0.2) is 12.1 Å². The Morgan fingerprint density at radius 2 is 2.45 bits per heavy atom. The summed E-state index contributed by atoms with van der Waals surface area (Å²) in [5, 5.41) is 10.2. The van der Waals surface area contributed by atoms with Gasteiger partial charge in [-0.15, -0.1) is 11.3 Å². The van der Waals surface area contributed by atoms with E-state index in [1.54, 1.807) is 12.3 Å². The van der Waals surface area contributed by atoms with Crippen LogP contribution >= 0.6 is 11.3 Å². The van der Waals surface area contributed by atoms with Crippen molar-refractivity contribution in [1.82, 2.24) is 5.32 Å². The van der Waals surface area contributed by atoms with Gasteiger partial charge in [0, 0.05) is 4.88 Å². The summed E-state index contributed by atoms with van der Waals surface area (Å²) in [5.74, 6) is -0.328. The van der Waals surface area contributed by atoms with Crippen LogP contribution in [0.4, 0.5) is 0 Å². The van der Waals surface area contributed by atoms with E-state index in [-0.39, 0.29) is 5.91 Å². The standard InChI is InChI=1S/C7H6N2OS/c1-5-2-3-6(11-5)7(10)9-4-8/h2-3H,1H3,(H,9,10). The first-order valence-electron chi connectivity index (χ1n) is 3.00. The van der Waals surface area contributed by atoms with Crippen LogP contribution in [0.2, 0.25) is 0 Å². The third kappa shape index (κ3) is 1.79. The smallest absolute Gasteiger partial charge is 0.267 e.